The molecule has 4 aromatic rings. The molecule has 1 aliphatic carbocycles. The first-order valence-electron chi connectivity index (χ1n) is 10.1. The molecule has 0 heterocycles. The van der Waals surface area contributed by atoms with Crippen molar-refractivity contribution in [2.75, 3.05) is 0 Å². The molecular formula is C28H21ClO. The Labute approximate surface area is 182 Å². The first-order valence-corrected chi connectivity index (χ1v) is 10.5. The van der Waals surface area contributed by atoms with Crippen molar-refractivity contribution in [1.29, 1.82) is 0 Å². The molecule has 0 unspecified atom stereocenters. The number of carbonyl (C=O) groups is 1. The monoisotopic (exact) mass is 408 g/mol. The zero-order valence-electron chi connectivity index (χ0n) is 16.9. The molecular weight excluding hydrogens is 388 g/mol. The van der Waals surface area contributed by atoms with Gasteiger partial charge in [-0.25, -0.2) is 0 Å². The number of fused-ring (bicyclic) bond motifs is 2. The van der Waals surface area contributed by atoms with Crippen LogP contribution in [0.25, 0.3) is 22.3 Å². The second-order valence-electron chi connectivity index (χ2n) is 8.32. The van der Waals surface area contributed by atoms with Gasteiger partial charge in [-0.3, -0.25) is 4.79 Å². The fourth-order valence-corrected chi connectivity index (χ4v) is 4.79. The smallest absolute Gasteiger partial charge is 0.193 e. The summed E-state index contributed by atoms with van der Waals surface area (Å²) in [5, 5.41) is 0.710. The van der Waals surface area contributed by atoms with Gasteiger partial charge in [0.1, 0.15) is 0 Å². The summed E-state index contributed by atoms with van der Waals surface area (Å²) >= 11 is 6.24. The van der Waals surface area contributed by atoms with Crippen molar-refractivity contribution in [3.05, 3.63) is 118 Å². The number of hydrogen-bond donors (Lipinski definition) is 0. The van der Waals surface area contributed by atoms with E-state index in [1.165, 1.54) is 0 Å². The van der Waals surface area contributed by atoms with Crippen molar-refractivity contribution in [3.63, 3.8) is 0 Å². The van der Waals surface area contributed by atoms with Crippen molar-refractivity contribution < 1.29 is 4.79 Å². The van der Waals surface area contributed by atoms with Gasteiger partial charge in [0.25, 0.3) is 0 Å². The van der Waals surface area contributed by atoms with Gasteiger partial charge in [-0.2, -0.15) is 0 Å². The molecule has 1 aliphatic rings. The van der Waals surface area contributed by atoms with E-state index in [0.29, 0.717) is 5.02 Å². The largest absolute Gasteiger partial charge is 0.289 e. The highest BCUT2D eigenvalue weighted by atomic mass is 35.5. The lowest BCUT2D eigenvalue weighted by molar-refractivity contribution is 0.103. The van der Waals surface area contributed by atoms with Crippen molar-refractivity contribution >= 4 is 17.4 Å². The number of hydrogen-bond acceptors (Lipinski definition) is 1. The van der Waals surface area contributed by atoms with Crippen molar-refractivity contribution in [2.45, 2.75) is 19.3 Å². The lowest BCUT2D eigenvalue weighted by Crippen LogP contribution is -2.30. The maximum Gasteiger partial charge on any atom is 0.193 e. The third kappa shape index (κ3) is 2.89. The number of rotatable bonds is 2. The molecule has 2 heteroatoms. The number of halogens is 1. The Kier molecular flexibility index (Phi) is 4.38. The third-order valence-electron chi connectivity index (χ3n) is 6.16. The van der Waals surface area contributed by atoms with Crippen LogP contribution in [0.3, 0.4) is 0 Å². The van der Waals surface area contributed by atoms with Gasteiger partial charge >= 0.3 is 0 Å². The lowest BCUT2D eigenvalue weighted by atomic mass is 9.68. The summed E-state index contributed by atoms with van der Waals surface area (Å²) < 4.78 is 0. The summed E-state index contributed by atoms with van der Waals surface area (Å²) in [7, 11) is 0. The minimum Gasteiger partial charge on any atom is -0.289 e. The van der Waals surface area contributed by atoms with Gasteiger partial charge in [0, 0.05) is 21.6 Å². The van der Waals surface area contributed by atoms with E-state index in [2.05, 4.69) is 56.3 Å². The average Bonchev–Trinajstić information content (AvgIpc) is 2.77. The van der Waals surface area contributed by atoms with E-state index in [4.69, 9.17) is 11.6 Å². The average molecular weight is 409 g/mol. The van der Waals surface area contributed by atoms with Crippen molar-refractivity contribution in [3.8, 4) is 22.3 Å². The van der Waals surface area contributed by atoms with Crippen LogP contribution in [0.2, 0.25) is 5.02 Å². The second kappa shape index (κ2) is 6.97. The predicted octanol–water partition coefficient (Wildman–Crippen LogP) is 7.54. The van der Waals surface area contributed by atoms with E-state index in [1.807, 2.05) is 48.5 Å². The summed E-state index contributed by atoms with van der Waals surface area (Å²) in [5.74, 6) is 0.0991. The molecule has 0 N–H and O–H groups in total. The van der Waals surface area contributed by atoms with Gasteiger partial charge in [-0.05, 0) is 51.6 Å². The van der Waals surface area contributed by atoms with E-state index in [-0.39, 0.29) is 11.2 Å². The molecule has 146 valence electrons. The summed E-state index contributed by atoms with van der Waals surface area (Å²) in [6, 6.07) is 30.4. The van der Waals surface area contributed by atoms with E-state index in [9.17, 15) is 4.79 Å². The highest BCUT2D eigenvalue weighted by molar-refractivity contribution is 6.30. The number of benzene rings is 4. The fourth-order valence-electron chi connectivity index (χ4n) is 4.60. The van der Waals surface area contributed by atoms with E-state index in [0.717, 1.165) is 44.5 Å². The molecule has 0 saturated heterocycles. The van der Waals surface area contributed by atoms with Gasteiger partial charge in [0.05, 0.1) is 0 Å². The van der Waals surface area contributed by atoms with Crippen LogP contribution in [-0.4, -0.2) is 5.78 Å². The Bertz CT molecular complexity index is 1300. The molecule has 0 aromatic heterocycles. The van der Waals surface area contributed by atoms with Gasteiger partial charge in [-0.1, -0.05) is 98.2 Å². The van der Waals surface area contributed by atoms with Gasteiger partial charge in [0.2, 0.25) is 0 Å². The molecule has 0 aliphatic heterocycles. The second-order valence-corrected chi connectivity index (χ2v) is 8.75. The number of carbonyl (C=O) groups excluding carboxylic acids is 1. The summed E-state index contributed by atoms with van der Waals surface area (Å²) in [6.07, 6.45) is 0. The third-order valence-corrected chi connectivity index (χ3v) is 6.39. The first kappa shape index (κ1) is 18.8. The summed E-state index contributed by atoms with van der Waals surface area (Å²) in [4.78, 5) is 13.4. The standard InChI is InChI=1S/C28H21ClO/c1-28(2)25-13-6-5-12-23(25)27(30)24-17-19(14-15-26(24)28)22-11-4-3-10-21(22)18-8-7-9-20(29)16-18/h3-17H,1-2H3. The van der Waals surface area contributed by atoms with Gasteiger partial charge in [0.15, 0.2) is 5.78 Å². The Morgan fingerprint density at radius 1 is 0.600 bits per heavy atom. The Hall–Kier alpha value is -3.16. The molecule has 0 bridgehead atoms. The molecule has 0 fully saturated rings. The molecule has 0 radical (unpaired) electrons. The maximum atomic E-state index is 13.4. The van der Waals surface area contributed by atoms with E-state index >= 15 is 0 Å². The quantitative estimate of drug-likeness (QED) is 0.334. The lowest BCUT2D eigenvalue weighted by Gasteiger charge is -2.34. The highest BCUT2D eigenvalue weighted by Gasteiger charge is 2.36. The Morgan fingerprint density at radius 3 is 1.90 bits per heavy atom. The SMILES string of the molecule is CC1(C)c2ccccc2C(=O)c2cc(-c3ccccc3-c3cccc(Cl)c3)ccc21. The fraction of sp³-hybridized carbons (Fsp3) is 0.107. The summed E-state index contributed by atoms with van der Waals surface area (Å²) in [6.45, 7) is 4.38. The Balaban J connectivity index is 1.69. The molecule has 1 nitrogen and oxygen atoms in total. The first-order chi connectivity index (χ1) is 14.5. The zero-order chi connectivity index (χ0) is 20.9. The van der Waals surface area contributed by atoms with Gasteiger partial charge in [-0.15, -0.1) is 0 Å². The molecule has 0 atom stereocenters. The molecule has 0 amide bonds. The van der Waals surface area contributed by atoms with Crippen LogP contribution in [0.15, 0.2) is 91.0 Å². The predicted molar refractivity (Wildman–Crippen MR) is 124 cm³/mol. The molecule has 0 spiro atoms. The van der Waals surface area contributed by atoms with Crippen LogP contribution >= 0.6 is 11.6 Å². The van der Waals surface area contributed by atoms with Crippen LogP contribution < -0.4 is 0 Å². The summed E-state index contributed by atoms with van der Waals surface area (Å²) in [5.41, 5.74) is 7.83. The minimum atomic E-state index is -0.217. The Morgan fingerprint density at radius 2 is 1.20 bits per heavy atom. The molecule has 30 heavy (non-hydrogen) atoms. The molecule has 5 rings (SSSR count). The van der Waals surface area contributed by atoms with Crippen LogP contribution in [0.5, 0.6) is 0 Å². The maximum absolute atomic E-state index is 13.4. The van der Waals surface area contributed by atoms with Crippen molar-refractivity contribution in [2.24, 2.45) is 0 Å². The van der Waals surface area contributed by atoms with E-state index < -0.39 is 0 Å². The molecule has 4 aromatic carbocycles. The van der Waals surface area contributed by atoms with Crippen LogP contribution in [0, 0.1) is 0 Å². The van der Waals surface area contributed by atoms with E-state index in [1.54, 1.807) is 0 Å². The van der Waals surface area contributed by atoms with Crippen LogP contribution in [0.1, 0.15) is 40.9 Å². The number of ketones is 1. The zero-order valence-corrected chi connectivity index (χ0v) is 17.7. The minimum absolute atomic E-state index is 0.0991. The van der Waals surface area contributed by atoms with Crippen LogP contribution in [0.4, 0.5) is 0 Å². The topological polar surface area (TPSA) is 17.1 Å². The normalized spacial score (nSPS) is 14.2. The van der Waals surface area contributed by atoms with Gasteiger partial charge < -0.3 is 0 Å². The van der Waals surface area contributed by atoms with Crippen LogP contribution in [-0.2, 0) is 5.41 Å². The highest BCUT2D eigenvalue weighted by Crippen LogP contribution is 2.43. The molecule has 0 saturated carbocycles. The van der Waals surface area contributed by atoms with Crippen molar-refractivity contribution in [1.82, 2.24) is 0 Å².